The van der Waals surface area contributed by atoms with Crippen LogP contribution in [-0.2, 0) is 0 Å². The van der Waals surface area contributed by atoms with Gasteiger partial charge in [0, 0.05) is 17.7 Å². The smallest absolute Gasteiger partial charge is 0.273 e. The Labute approximate surface area is 202 Å². The van der Waals surface area contributed by atoms with E-state index in [4.69, 9.17) is 4.74 Å². The summed E-state index contributed by atoms with van der Waals surface area (Å²) in [6, 6.07) is 11.5. The first-order valence-corrected chi connectivity index (χ1v) is 12.4. The van der Waals surface area contributed by atoms with Crippen LogP contribution in [0.2, 0.25) is 0 Å². The number of hydrogen-bond acceptors (Lipinski definition) is 4. The molecule has 0 aliphatic carbocycles. The number of aryl methyl sites for hydroxylation is 2. The Morgan fingerprint density at radius 1 is 1.06 bits per heavy atom. The quantitative estimate of drug-likeness (QED) is 0.347. The number of H-pyrrole nitrogens is 1. The summed E-state index contributed by atoms with van der Waals surface area (Å²) < 4.78 is 5.92. The Bertz CT molecular complexity index is 1130. The molecule has 6 nitrogen and oxygen atoms in total. The maximum absolute atomic E-state index is 13.3. The molecule has 1 unspecified atom stereocenters. The van der Waals surface area contributed by atoms with Gasteiger partial charge in [-0.2, -0.15) is 5.10 Å². The molecule has 4 rings (SSSR count). The van der Waals surface area contributed by atoms with Crippen LogP contribution in [0.5, 0.6) is 11.5 Å². The number of phenolic OH excluding ortho intramolecular Hbond substituents is 1. The van der Waals surface area contributed by atoms with Gasteiger partial charge in [-0.25, -0.2) is 0 Å². The Morgan fingerprint density at radius 3 is 2.50 bits per heavy atom. The zero-order valence-electron chi connectivity index (χ0n) is 20.6. The van der Waals surface area contributed by atoms with E-state index in [-0.39, 0.29) is 17.7 Å². The fourth-order valence-electron chi connectivity index (χ4n) is 4.92. The van der Waals surface area contributed by atoms with Crippen LogP contribution in [0.15, 0.2) is 36.4 Å². The Kier molecular flexibility index (Phi) is 7.25. The van der Waals surface area contributed by atoms with Crippen molar-refractivity contribution < 1.29 is 14.6 Å². The van der Waals surface area contributed by atoms with E-state index in [2.05, 4.69) is 24.0 Å². The Balaban J connectivity index is 1.68. The number of aromatic hydroxyl groups is 1. The molecule has 0 fully saturated rings. The number of aromatic nitrogens is 2. The molecule has 0 radical (unpaired) electrons. The lowest BCUT2D eigenvalue weighted by Crippen LogP contribution is -2.30. The minimum Gasteiger partial charge on any atom is -0.507 e. The van der Waals surface area contributed by atoms with Gasteiger partial charge in [0.2, 0.25) is 0 Å². The maximum atomic E-state index is 13.3. The van der Waals surface area contributed by atoms with Gasteiger partial charge in [0.05, 0.1) is 12.6 Å². The van der Waals surface area contributed by atoms with Crippen LogP contribution in [0.1, 0.15) is 84.7 Å². The van der Waals surface area contributed by atoms with Crippen LogP contribution in [0.3, 0.4) is 0 Å². The molecule has 3 aromatic rings. The second-order valence-electron chi connectivity index (χ2n) is 9.22. The predicted molar refractivity (Wildman–Crippen MR) is 134 cm³/mol. The second kappa shape index (κ2) is 10.3. The zero-order valence-corrected chi connectivity index (χ0v) is 20.6. The van der Waals surface area contributed by atoms with E-state index in [1.54, 1.807) is 6.07 Å². The van der Waals surface area contributed by atoms with E-state index >= 15 is 0 Å². The number of ether oxygens (including phenoxy) is 1. The molecule has 1 aromatic heterocycles. The molecule has 0 saturated carbocycles. The number of aromatic amines is 1. The minimum atomic E-state index is -0.269. The summed E-state index contributed by atoms with van der Waals surface area (Å²) in [4.78, 5) is 15.2. The third kappa shape index (κ3) is 4.54. The number of benzene rings is 2. The lowest BCUT2D eigenvalue weighted by Gasteiger charge is -2.26. The highest BCUT2D eigenvalue weighted by molar-refractivity contribution is 6.00. The van der Waals surface area contributed by atoms with E-state index in [0.717, 1.165) is 40.8 Å². The number of rotatable bonds is 10. The summed E-state index contributed by atoms with van der Waals surface area (Å²) in [5.41, 5.74) is 5.56. The highest BCUT2D eigenvalue weighted by Crippen LogP contribution is 2.45. The maximum Gasteiger partial charge on any atom is 0.273 e. The van der Waals surface area contributed by atoms with Crippen LogP contribution in [-0.4, -0.2) is 39.3 Å². The molecule has 0 bridgehead atoms. The first-order chi connectivity index (χ1) is 16.5. The summed E-state index contributed by atoms with van der Waals surface area (Å²) in [6.07, 6.45) is 5.53. The normalized spacial score (nSPS) is 15.1. The molecule has 180 valence electrons. The topological polar surface area (TPSA) is 78.5 Å². The number of carbonyl (C=O) groups is 1. The number of phenols is 1. The number of hydrogen-bond donors (Lipinski definition) is 2. The molecule has 2 N–H and O–H groups in total. The van der Waals surface area contributed by atoms with Crippen molar-refractivity contribution in [2.75, 3.05) is 13.2 Å². The second-order valence-corrected chi connectivity index (χ2v) is 9.22. The van der Waals surface area contributed by atoms with Gasteiger partial charge in [0.15, 0.2) is 0 Å². The lowest BCUT2D eigenvalue weighted by molar-refractivity contribution is 0.0744. The number of fused-ring (bicyclic) bond motifs is 1. The van der Waals surface area contributed by atoms with Gasteiger partial charge in [-0.3, -0.25) is 9.89 Å². The molecule has 2 aromatic carbocycles. The molecule has 1 aliphatic heterocycles. The van der Waals surface area contributed by atoms with Crippen molar-refractivity contribution in [2.24, 2.45) is 0 Å². The number of unbranched alkanes of at least 4 members (excludes halogenated alkanes) is 3. The first kappa shape index (κ1) is 23.9. The molecule has 1 aliphatic rings. The van der Waals surface area contributed by atoms with E-state index in [0.29, 0.717) is 30.1 Å². The Hall–Kier alpha value is -3.28. The largest absolute Gasteiger partial charge is 0.507 e. The lowest BCUT2D eigenvalue weighted by atomic mass is 9.93. The monoisotopic (exact) mass is 461 g/mol. The van der Waals surface area contributed by atoms with Gasteiger partial charge >= 0.3 is 0 Å². The molecule has 2 heterocycles. The molecule has 0 saturated heterocycles. The summed E-state index contributed by atoms with van der Waals surface area (Å²) in [5, 5.41) is 18.2. The Morgan fingerprint density at radius 2 is 1.82 bits per heavy atom. The van der Waals surface area contributed by atoms with Gasteiger partial charge in [0.25, 0.3) is 5.91 Å². The number of carbonyl (C=O) groups excluding carboxylic acids is 1. The zero-order chi connectivity index (χ0) is 24.2. The van der Waals surface area contributed by atoms with Crippen molar-refractivity contribution in [2.45, 2.75) is 65.8 Å². The third-order valence-corrected chi connectivity index (χ3v) is 6.49. The van der Waals surface area contributed by atoms with Crippen molar-refractivity contribution in [1.29, 1.82) is 0 Å². The van der Waals surface area contributed by atoms with Crippen molar-refractivity contribution in [1.82, 2.24) is 15.1 Å². The molecule has 6 heteroatoms. The molecular weight excluding hydrogens is 426 g/mol. The molecular formula is C28H35N3O3. The van der Waals surface area contributed by atoms with Crippen molar-refractivity contribution in [3.63, 3.8) is 0 Å². The summed E-state index contributed by atoms with van der Waals surface area (Å²) in [7, 11) is 0. The fraction of sp³-hybridized carbons (Fsp3) is 0.429. The number of nitrogens with one attached hydrogen (secondary N) is 1. The average molecular weight is 462 g/mol. The van der Waals surface area contributed by atoms with Gasteiger partial charge < -0.3 is 14.7 Å². The predicted octanol–water partition coefficient (Wildman–Crippen LogP) is 6.31. The molecule has 34 heavy (non-hydrogen) atoms. The first-order valence-electron chi connectivity index (χ1n) is 12.4. The summed E-state index contributed by atoms with van der Waals surface area (Å²) in [5.74, 6) is 0.964. The average Bonchev–Trinajstić information content (AvgIpc) is 3.33. The fourth-order valence-corrected chi connectivity index (χ4v) is 4.92. The SMILES string of the molecule is CCCCCCOc1ccc(C2c3c(-c4c(C)cc(C)cc4O)n[nH]c3C(=O)N2CCC)cc1. The van der Waals surface area contributed by atoms with Crippen LogP contribution < -0.4 is 4.74 Å². The molecule has 1 amide bonds. The van der Waals surface area contributed by atoms with E-state index in [1.807, 2.05) is 49.1 Å². The van der Waals surface area contributed by atoms with Gasteiger partial charge in [-0.1, -0.05) is 51.3 Å². The van der Waals surface area contributed by atoms with Crippen molar-refractivity contribution in [3.05, 3.63) is 64.3 Å². The summed E-state index contributed by atoms with van der Waals surface area (Å²) >= 11 is 0. The number of nitrogens with zero attached hydrogens (tertiary/aromatic N) is 2. The summed E-state index contributed by atoms with van der Waals surface area (Å²) in [6.45, 7) is 9.54. The van der Waals surface area contributed by atoms with Crippen LogP contribution in [0.4, 0.5) is 0 Å². The molecule has 1 atom stereocenters. The van der Waals surface area contributed by atoms with Crippen LogP contribution in [0, 0.1) is 13.8 Å². The molecule has 0 spiro atoms. The highest BCUT2D eigenvalue weighted by atomic mass is 16.5. The third-order valence-electron chi connectivity index (χ3n) is 6.49. The van der Waals surface area contributed by atoms with E-state index < -0.39 is 0 Å². The minimum absolute atomic E-state index is 0.0545. The van der Waals surface area contributed by atoms with Gasteiger partial charge in [-0.15, -0.1) is 0 Å². The van der Waals surface area contributed by atoms with E-state index in [9.17, 15) is 9.90 Å². The van der Waals surface area contributed by atoms with Crippen LogP contribution >= 0.6 is 0 Å². The number of amides is 1. The van der Waals surface area contributed by atoms with Crippen molar-refractivity contribution >= 4 is 5.91 Å². The highest BCUT2D eigenvalue weighted by Gasteiger charge is 2.42. The standard InChI is InChI=1S/C28H35N3O3/c1-5-7-8-9-15-34-21-12-10-20(11-13-21)27-24-25(23-19(4)16-18(3)17-22(23)32)29-30-26(24)28(33)31(27)14-6-2/h10-13,16-17,27,32H,5-9,14-15H2,1-4H3,(H,29,30). The van der Waals surface area contributed by atoms with Gasteiger partial charge in [0.1, 0.15) is 22.9 Å². The van der Waals surface area contributed by atoms with Crippen molar-refractivity contribution in [3.8, 4) is 22.8 Å². The van der Waals surface area contributed by atoms with Crippen LogP contribution in [0.25, 0.3) is 11.3 Å². The van der Waals surface area contributed by atoms with E-state index in [1.165, 1.54) is 19.3 Å². The van der Waals surface area contributed by atoms with Gasteiger partial charge in [-0.05, 0) is 61.6 Å².